The topological polar surface area (TPSA) is 72.2 Å². The lowest BCUT2D eigenvalue weighted by Gasteiger charge is -2.22. The molecule has 0 aliphatic rings. The quantitative estimate of drug-likeness (QED) is 0.812. The fourth-order valence-electron chi connectivity index (χ4n) is 2.52. The largest absolute Gasteiger partial charge is 0.326 e. The van der Waals surface area contributed by atoms with Crippen molar-refractivity contribution < 1.29 is 12.8 Å². The molecule has 1 aromatic rings. The molecule has 0 aliphatic heterocycles. The van der Waals surface area contributed by atoms with E-state index in [-0.39, 0.29) is 34.5 Å². The lowest BCUT2D eigenvalue weighted by molar-refractivity contribution is 0.390. The Kier molecular flexibility index (Phi) is 6.31. The van der Waals surface area contributed by atoms with Crippen LogP contribution in [0.1, 0.15) is 44.7 Å². The van der Waals surface area contributed by atoms with Gasteiger partial charge in [-0.1, -0.05) is 26.7 Å². The summed E-state index contributed by atoms with van der Waals surface area (Å²) in [6.45, 7) is 7.44. The standard InChI is InChI=1S/C15H25FN2O2S/c1-5-12(6-2)11(4)18-21(19,20)14-7-10(3)15(16)13(8-14)9-17/h7-8,11-12,18H,5-6,9,17H2,1-4H3. The highest BCUT2D eigenvalue weighted by Gasteiger charge is 2.23. The molecule has 1 atom stereocenters. The maximum Gasteiger partial charge on any atom is 0.240 e. The van der Waals surface area contributed by atoms with Gasteiger partial charge in [0.05, 0.1) is 4.90 Å². The summed E-state index contributed by atoms with van der Waals surface area (Å²) in [6.07, 6.45) is 1.80. The molecule has 0 saturated heterocycles. The monoisotopic (exact) mass is 316 g/mol. The zero-order valence-corrected chi connectivity index (χ0v) is 13.9. The molecule has 4 nitrogen and oxygen atoms in total. The molecule has 1 aromatic carbocycles. The van der Waals surface area contributed by atoms with Gasteiger partial charge in [-0.25, -0.2) is 17.5 Å². The lowest BCUT2D eigenvalue weighted by atomic mass is 9.96. The van der Waals surface area contributed by atoms with Crippen LogP contribution in [-0.4, -0.2) is 14.5 Å². The van der Waals surface area contributed by atoms with Gasteiger partial charge in [0.25, 0.3) is 0 Å². The van der Waals surface area contributed by atoms with E-state index in [1.807, 2.05) is 20.8 Å². The maximum atomic E-state index is 13.8. The fourth-order valence-corrected chi connectivity index (χ4v) is 3.96. The van der Waals surface area contributed by atoms with Gasteiger partial charge >= 0.3 is 0 Å². The van der Waals surface area contributed by atoms with Gasteiger partial charge in [0.1, 0.15) is 5.82 Å². The number of halogens is 1. The van der Waals surface area contributed by atoms with Crippen LogP contribution in [0.25, 0.3) is 0 Å². The summed E-state index contributed by atoms with van der Waals surface area (Å²) in [5.74, 6) is -0.167. The van der Waals surface area contributed by atoms with Crippen molar-refractivity contribution >= 4 is 10.0 Å². The number of aryl methyl sites for hydroxylation is 1. The number of hydrogen-bond acceptors (Lipinski definition) is 3. The first-order valence-electron chi connectivity index (χ1n) is 7.28. The van der Waals surface area contributed by atoms with Crippen LogP contribution in [0.15, 0.2) is 17.0 Å². The van der Waals surface area contributed by atoms with Gasteiger partial charge in [-0.15, -0.1) is 0 Å². The Balaban J connectivity index is 3.11. The van der Waals surface area contributed by atoms with E-state index in [2.05, 4.69) is 4.72 Å². The SMILES string of the molecule is CCC(CC)C(C)NS(=O)(=O)c1cc(C)c(F)c(CN)c1. The summed E-state index contributed by atoms with van der Waals surface area (Å²) in [5.41, 5.74) is 5.97. The molecular weight excluding hydrogens is 291 g/mol. The Bertz CT molecular complexity index is 584. The minimum atomic E-state index is -3.67. The van der Waals surface area contributed by atoms with Crippen molar-refractivity contribution in [1.82, 2.24) is 4.72 Å². The molecule has 0 radical (unpaired) electrons. The molecule has 0 aliphatic carbocycles. The number of nitrogens with one attached hydrogen (secondary N) is 1. The number of hydrogen-bond donors (Lipinski definition) is 2. The van der Waals surface area contributed by atoms with E-state index < -0.39 is 15.8 Å². The number of benzene rings is 1. The van der Waals surface area contributed by atoms with E-state index in [0.29, 0.717) is 0 Å². The predicted molar refractivity (Wildman–Crippen MR) is 82.9 cm³/mol. The van der Waals surface area contributed by atoms with Gasteiger partial charge < -0.3 is 5.73 Å². The molecule has 6 heteroatoms. The van der Waals surface area contributed by atoms with E-state index in [9.17, 15) is 12.8 Å². The zero-order chi connectivity index (χ0) is 16.2. The first-order chi connectivity index (χ1) is 9.76. The zero-order valence-electron chi connectivity index (χ0n) is 13.1. The second kappa shape index (κ2) is 7.33. The third-order valence-corrected chi connectivity index (χ3v) is 5.47. The van der Waals surface area contributed by atoms with Crippen molar-refractivity contribution in [2.75, 3.05) is 0 Å². The van der Waals surface area contributed by atoms with E-state index in [4.69, 9.17) is 5.73 Å². The summed E-state index contributed by atoms with van der Waals surface area (Å²) in [4.78, 5) is 0.0691. The van der Waals surface area contributed by atoms with Crippen LogP contribution >= 0.6 is 0 Å². The molecule has 1 unspecified atom stereocenters. The van der Waals surface area contributed by atoms with Gasteiger partial charge in [0, 0.05) is 18.2 Å². The molecule has 1 rings (SSSR count). The Morgan fingerprint density at radius 2 is 1.86 bits per heavy atom. The average molecular weight is 316 g/mol. The fraction of sp³-hybridized carbons (Fsp3) is 0.600. The summed E-state index contributed by atoms with van der Waals surface area (Å²) in [5, 5.41) is 0. The van der Waals surface area contributed by atoms with Gasteiger partial charge in [-0.05, 0) is 37.5 Å². The summed E-state index contributed by atoms with van der Waals surface area (Å²) in [7, 11) is -3.67. The highest BCUT2D eigenvalue weighted by atomic mass is 32.2. The number of sulfonamides is 1. The first-order valence-corrected chi connectivity index (χ1v) is 8.76. The molecule has 0 spiro atoms. The highest BCUT2D eigenvalue weighted by Crippen LogP contribution is 2.21. The van der Waals surface area contributed by atoms with Crippen LogP contribution in [0.2, 0.25) is 0 Å². The van der Waals surface area contributed by atoms with Crippen LogP contribution in [0.3, 0.4) is 0 Å². The van der Waals surface area contributed by atoms with Crippen LogP contribution in [0, 0.1) is 18.7 Å². The summed E-state index contributed by atoms with van der Waals surface area (Å²) in [6, 6.07) is 2.48. The highest BCUT2D eigenvalue weighted by molar-refractivity contribution is 7.89. The Labute approximate surface area is 127 Å². The molecule has 0 amide bonds. The van der Waals surface area contributed by atoms with Crippen molar-refractivity contribution in [2.45, 2.75) is 58.0 Å². The van der Waals surface area contributed by atoms with E-state index in [1.54, 1.807) is 0 Å². The van der Waals surface area contributed by atoms with Crippen molar-refractivity contribution in [3.8, 4) is 0 Å². The Hall–Kier alpha value is -0.980. The molecule has 21 heavy (non-hydrogen) atoms. The van der Waals surface area contributed by atoms with Crippen molar-refractivity contribution in [2.24, 2.45) is 11.7 Å². The van der Waals surface area contributed by atoms with Crippen LogP contribution in [-0.2, 0) is 16.6 Å². The molecule has 3 N–H and O–H groups in total. The number of nitrogens with two attached hydrogens (primary N) is 1. The molecule has 0 saturated carbocycles. The van der Waals surface area contributed by atoms with Gasteiger partial charge in [0.2, 0.25) is 10.0 Å². The minimum absolute atomic E-state index is 0.0296. The van der Waals surface area contributed by atoms with Crippen molar-refractivity contribution in [1.29, 1.82) is 0 Å². The van der Waals surface area contributed by atoms with E-state index in [0.717, 1.165) is 12.8 Å². The second-order valence-electron chi connectivity index (χ2n) is 5.40. The summed E-state index contributed by atoms with van der Waals surface area (Å²) >= 11 is 0. The third-order valence-electron chi connectivity index (χ3n) is 3.93. The Morgan fingerprint density at radius 1 is 1.29 bits per heavy atom. The molecule has 120 valence electrons. The van der Waals surface area contributed by atoms with Gasteiger partial charge in [-0.3, -0.25) is 0 Å². The summed E-state index contributed by atoms with van der Waals surface area (Å²) < 4.78 is 41.3. The van der Waals surface area contributed by atoms with Crippen LogP contribution in [0.4, 0.5) is 4.39 Å². The van der Waals surface area contributed by atoms with E-state index in [1.165, 1.54) is 19.1 Å². The van der Waals surface area contributed by atoms with Crippen LogP contribution in [0.5, 0.6) is 0 Å². The average Bonchev–Trinajstić information content (AvgIpc) is 2.42. The van der Waals surface area contributed by atoms with Crippen molar-refractivity contribution in [3.63, 3.8) is 0 Å². The lowest BCUT2D eigenvalue weighted by Crippen LogP contribution is -2.37. The third kappa shape index (κ3) is 4.25. The van der Waals surface area contributed by atoms with Gasteiger partial charge in [-0.2, -0.15) is 0 Å². The van der Waals surface area contributed by atoms with Crippen molar-refractivity contribution in [3.05, 3.63) is 29.1 Å². The molecule has 0 fully saturated rings. The second-order valence-corrected chi connectivity index (χ2v) is 7.12. The van der Waals surface area contributed by atoms with E-state index >= 15 is 0 Å². The molecule has 0 bridgehead atoms. The maximum absolute atomic E-state index is 13.8. The minimum Gasteiger partial charge on any atom is -0.326 e. The normalized spacial score (nSPS) is 13.7. The Morgan fingerprint density at radius 3 is 2.33 bits per heavy atom. The van der Waals surface area contributed by atoms with Crippen LogP contribution < -0.4 is 10.5 Å². The predicted octanol–water partition coefficient (Wildman–Crippen LogP) is 2.70. The number of rotatable bonds is 7. The first kappa shape index (κ1) is 18.1. The molecule has 0 heterocycles. The smallest absolute Gasteiger partial charge is 0.240 e. The molecular formula is C15H25FN2O2S. The van der Waals surface area contributed by atoms with Gasteiger partial charge in [0.15, 0.2) is 0 Å². The molecule has 0 aromatic heterocycles.